The Morgan fingerprint density at radius 1 is 0.740 bits per heavy atom. The molecule has 0 saturated carbocycles. The average molecular weight is 677 g/mol. The molecule has 1 aliphatic rings. The summed E-state index contributed by atoms with van der Waals surface area (Å²) in [6.07, 6.45) is 2.33. The molecule has 5 aromatic carbocycles. The fraction of sp³-hybridized carbons (Fsp3) is 0.0714. The van der Waals surface area contributed by atoms with Crippen molar-refractivity contribution in [3.63, 3.8) is 0 Å². The standard InChI is InChI=1S/C42H32N2O5S/c1-48-39-14-8-7-13-36(39)40-22-18-32(49-40)25-37(44-41(46)27-9-3-2-4-10-27)42(47)43-31-16-19-33(20-17-31)50-26-38(45)29-15-21-35-30(24-29)23-28-11-5-6-12-34(28)35/h2-22,24-25H,23,26H2,1H3,(H,43,47)(H,44,46)/b37-25+. The van der Waals surface area contributed by atoms with E-state index in [9.17, 15) is 14.4 Å². The molecule has 1 aliphatic carbocycles. The lowest BCUT2D eigenvalue weighted by atomic mass is 10.0. The number of benzene rings is 5. The smallest absolute Gasteiger partial charge is 0.272 e. The predicted octanol–water partition coefficient (Wildman–Crippen LogP) is 8.91. The van der Waals surface area contributed by atoms with Crippen molar-refractivity contribution in [1.82, 2.24) is 5.32 Å². The summed E-state index contributed by atoms with van der Waals surface area (Å²) >= 11 is 1.44. The van der Waals surface area contributed by atoms with Crippen molar-refractivity contribution in [2.45, 2.75) is 11.3 Å². The number of Topliss-reactive ketones (excluding diaryl/α,β-unsaturated/α-hetero) is 1. The summed E-state index contributed by atoms with van der Waals surface area (Å²) in [6, 6.07) is 41.2. The van der Waals surface area contributed by atoms with Gasteiger partial charge in [0, 0.05) is 27.8 Å². The second kappa shape index (κ2) is 14.6. The molecule has 1 heterocycles. The lowest BCUT2D eigenvalue weighted by Crippen LogP contribution is -2.30. The number of ketones is 1. The zero-order valence-corrected chi connectivity index (χ0v) is 28.0. The highest BCUT2D eigenvalue weighted by Gasteiger charge is 2.20. The van der Waals surface area contributed by atoms with Crippen LogP contribution in [0.2, 0.25) is 0 Å². The van der Waals surface area contributed by atoms with E-state index in [4.69, 9.17) is 9.15 Å². The lowest BCUT2D eigenvalue weighted by molar-refractivity contribution is -0.113. The number of hydrogen-bond donors (Lipinski definition) is 2. The first-order chi connectivity index (χ1) is 24.4. The van der Waals surface area contributed by atoms with Crippen molar-refractivity contribution in [2.75, 3.05) is 18.2 Å². The number of nitrogens with one attached hydrogen (secondary N) is 2. The van der Waals surface area contributed by atoms with Gasteiger partial charge in [-0.05, 0) is 95.4 Å². The summed E-state index contributed by atoms with van der Waals surface area (Å²) < 4.78 is 11.5. The molecule has 6 aromatic rings. The first-order valence-corrected chi connectivity index (χ1v) is 17.0. The van der Waals surface area contributed by atoms with E-state index >= 15 is 0 Å². The van der Waals surface area contributed by atoms with E-state index in [1.807, 2.05) is 72.8 Å². The van der Waals surface area contributed by atoms with Crippen LogP contribution in [0.15, 0.2) is 148 Å². The number of furan rings is 1. The highest BCUT2D eigenvalue weighted by atomic mass is 32.2. The molecule has 246 valence electrons. The number of carbonyl (C=O) groups is 3. The minimum absolute atomic E-state index is 0.00118. The van der Waals surface area contributed by atoms with E-state index in [0.29, 0.717) is 34.1 Å². The minimum atomic E-state index is -0.529. The van der Waals surface area contributed by atoms with Gasteiger partial charge in [0.1, 0.15) is 23.0 Å². The zero-order chi connectivity index (χ0) is 34.5. The van der Waals surface area contributed by atoms with Crippen molar-refractivity contribution < 1.29 is 23.5 Å². The Labute approximate surface area is 294 Å². The Morgan fingerprint density at radius 3 is 2.26 bits per heavy atom. The summed E-state index contributed by atoms with van der Waals surface area (Å²) in [4.78, 5) is 40.6. The van der Waals surface area contributed by atoms with Crippen LogP contribution >= 0.6 is 11.8 Å². The summed E-state index contributed by atoms with van der Waals surface area (Å²) in [5, 5.41) is 5.60. The predicted molar refractivity (Wildman–Crippen MR) is 197 cm³/mol. The quantitative estimate of drug-likeness (QED) is 0.0807. The number of para-hydroxylation sites is 1. The van der Waals surface area contributed by atoms with Crippen LogP contribution in [0.1, 0.15) is 37.6 Å². The van der Waals surface area contributed by atoms with Crippen LogP contribution in [0.25, 0.3) is 28.5 Å². The molecule has 0 radical (unpaired) electrons. The minimum Gasteiger partial charge on any atom is -0.496 e. The van der Waals surface area contributed by atoms with E-state index in [2.05, 4.69) is 22.8 Å². The molecule has 0 fully saturated rings. The first kappa shape index (κ1) is 32.4. The number of amides is 2. The third-order valence-corrected chi connectivity index (χ3v) is 9.42. The summed E-state index contributed by atoms with van der Waals surface area (Å²) in [5.41, 5.74) is 7.29. The van der Waals surface area contributed by atoms with Crippen molar-refractivity contribution in [3.8, 4) is 28.2 Å². The number of ether oxygens (including phenoxy) is 1. The van der Waals surface area contributed by atoms with Crippen LogP contribution < -0.4 is 15.4 Å². The number of carbonyl (C=O) groups excluding carboxylic acids is 3. The van der Waals surface area contributed by atoms with E-state index in [1.165, 1.54) is 40.1 Å². The maximum atomic E-state index is 13.6. The SMILES string of the molecule is COc1ccccc1-c1ccc(/C=C(/NC(=O)c2ccccc2)C(=O)Nc2ccc(SCC(=O)c3ccc4c(c3)Cc3ccccc3-4)cc2)o1. The van der Waals surface area contributed by atoms with Crippen LogP contribution in [0.3, 0.4) is 0 Å². The van der Waals surface area contributed by atoms with Gasteiger partial charge in [-0.3, -0.25) is 14.4 Å². The van der Waals surface area contributed by atoms with Crippen molar-refractivity contribution in [1.29, 1.82) is 0 Å². The third-order valence-electron chi connectivity index (χ3n) is 8.41. The summed E-state index contributed by atoms with van der Waals surface area (Å²) in [6.45, 7) is 0. The maximum Gasteiger partial charge on any atom is 0.272 e. The highest BCUT2D eigenvalue weighted by Crippen LogP contribution is 2.37. The third kappa shape index (κ3) is 7.16. The molecule has 0 atom stereocenters. The molecule has 0 unspecified atom stereocenters. The number of thioether (sulfide) groups is 1. The number of methoxy groups -OCH3 is 1. The monoisotopic (exact) mass is 676 g/mol. The molecular weight excluding hydrogens is 645 g/mol. The number of anilines is 1. The number of fused-ring (bicyclic) bond motifs is 3. The summed E-state index contributed by atoms with van der Waals surface area (Å²) in [5.74, 6) is 0.947. The molecule has 7 rings (SSSR count). The van der Waals surface area contributed by atoms with Gasteiger partial charge in [0.2, 0.25) is 0 Å². The Bertz CT molecular complexity index is 2240. The van der Waals surface area contributed by atoms with Crippen molar-refractivity contribution in [3.05, 3.63) is 167 Å². The van der Waals surface area contributed by atoms with Gasteiger partial charge in [0.05, 0.1) is 18.4 Å². The fourth-order valence-corrected chi connectivity index (χ4v) is 6.68. The van der Waals surface area contributed by atoms with E-state index in [1.54, 1.807) is 55.6 Å². The van der Waals surface area contributed by atoms with Crippen LogP contribution in [-0.2, 0) is 11.2 Å². The normalized spacial score (nSPS) is 11.7. The fourth-order valence-electron chi connectivity index (χ4n) is 5.89. The van der Waals surface area contributed by atoms with E-state index in [0.717, 1.165) is 16.9 Å². The van der Waals surface area contributed by atoms with Gasteiger partial charge in [-0.2, -0.15) is 0 Å². The molecule has 0 aliphatic heterocycles. The van der Waals surface area contributed by atoms with Gasteiger partial charge in [0.15, 0.2) is 5.78 Å². The van der Waals surface area contributed by atoms with Crippen LogP contribution in [-0.4, -0.2) is 30.5 Å². The molecule has 50 heavy (non-hydrogen) atoms. The Hall–Kier alpha value is -6.12. The Kier molecular flexibility index (Phi) is 9.44. The molecule has 8 heteroatoms. The van der Waals surface area contributed by atoms with Gasteiger partial charge in [-0.15, -0.1) is 11.8 Å². The van der Waals surface area contributed by atoms with E-state index < -0.39 is 11.8 Å². The molecule has 0 bridgehead atoms. The van der Waals surface area contributed by atoms with Gasteiger partial charge >= 0.3 is 0 Å². The van der Waals surface area contributed by atoms with Gasteiger partial charge < -0.3 is 19.8 Å². The van der Waals surface area contributed by atoms with Crippen LogP contribution in [0.4, 0.5) is 5.69 Å². The molecule has 0 spiro atoms. The van der Waals surface area contributed by atoms with Crippen LogP contribution in [0, 0.1) is 0 Å². The molecule has 1 aromatic heterocycles. The molecule has 2 amide bonds. The van der Waals surface area contributed by atoms with E-state index in [-0.39, 0.29) is 17.2 Å². The summed E-state index contributed by atoms with van der Waals surface area (Å²) in [7, 11) is 1.59. The van der Waals surface area contributed by atoms with Crippen molar-refractivity contribution in [2.24, 2.45) is 0 Å². The van der Waals surface area contributed by atoms with Gasteiger partial charge in [-0.25, -0.2) is 0 Å². The molecular formula is C42H32N2O5S. The number of rotatable bonds is 11. The highest BCUT2D eigenvalue weighted by molar-refractivity contribution is 8.00. The zero-order valence-electron chi connectivity index (χ0n) is 27.1. The second-order valence-electron chi connectivity index (χ2n) is 11.7. The number of hydrogen-bond acceptors (Lipinski definition) is 6. The van der Waals surface area contributed by atoms with Gasteiger partial charge in [0.25, 0.3) is 11.8 Å². The van der Waals surface area contributed by atoms with Crippen molar-refractivity contribution >= 4 is 41.1 Å². The Balaban J connectivity index is 1.03. The first-order valence-electron chi connectivity index (χ1n) is 16.0. The molecule has 7 nitrogen and oxygen atoms in total. The molecule has 0 saturated heterocycles. The maximum absolute atomic E-state index is 13.6. The second-order valence-corrected chi connectivity index (χ2v) is 12.7. The van der Waals surface area contributed by atoms with Crippen LogP contribution in [0.5, 0.6) is 5.75 Å². The Morgan fingerprint density at radius 2 is 1.46 bits per heavy atom. The molecule has 2 N–H and O–H groups in total. The lowest BCUT2D eigenvalue weighted by Gasteiger charge is -2.11. The topological polar surface area (TPSA) is 97.6 Å². The largest absolute Gasteiger partial charge is 0.496 e. The van der Waals surface area contributed by atoms with Gasteiger partial charge in [-0.1, -0.05) is 66.7 Å². The average Bonchev–Trinajstić information content (AvgIpc) is 3.78.